The highest BCUT2D eigenvalue weighted by Crippen LogP contribution is 2.32. The van der Waals surface area contributed by atoms with Crippen LogP contribution in [0.5, 0.6) is 11.5 Å². The van der Waals surface area contributed by atoms with Gasteiger partial charge in [-0.2, -0.15) is 0 Å². The number of nitrogens with one attached hydrogen (secondary N) is 2. The molecule has 0 radical (unpaired) electrons. The number of rotatable bonds is 7. The van der Waals surface area contributed by atoms with E-state index in [2.05, 4.69) is 15.6 Å². The molecule has 0 atom stereocenters. The number of anilines is 1. The number of imidazole rings is 1. The lowest BCUT2D eigenvalue weighted by atomic mass is 10.2. The number of carbonyl (C=O) groups excluding carboxylic acids is 1. The first-order valence-electron chi connectivity index (χ1n) is 8.70. The number of aliphatic hydroxyl groups excluding tert-OH is 1. The summed E-state index contributed by atoms with van der Waals surface area (Å²) in [5.74, 6) is 1.83. The predicted molar refractivity (Wildman–Crippen MR) is 99.7 cm³/mol. The monoisotopic (exact) mass is 368 g/mol. The highest BCUT2D eigenvalue weighted by atomic mass is 16.7. The Bertz CT molecular complexity index is 969. The van der Waals surface area contributed by atoms with Gasteiger partial charge in [0, 0.05) is 13.1 Å². The topological polar surface area (TPSA) is 97.6 Å². The molecule has 8 nitrogen and oxygen atoms in total. The van der Waals surface area contributed by atoms with E-state index in [0.29, 0.717) is 24.8 Å². The largest absolute Gasteiger partial charge is 0.454 e. The molecule has 8 heteroatoms. The molecule has 2 aromatic carbocycles. The Hall–Kier alpha value is -3.26. The molecule has 1 amide bonds. The zero-order valence-electron chi connectivity index (χ0n) is 14.6. The molecule has 2 heterocycles. The second-order valence-electron chi connectivity index (χ2n) is 6.12. The molecule has 0 fully saturated rings. The molecule has 27 heavy (non-hydrogen) atoms. The number of amides is 1. The summed E-state index contributed by atoms with van der Waals surface area (Å²) in [4.78, 5) is 17.0. The van der Waals surface area contributed by atoms with Gasteiger partial charge in [-0.3, -0.25) is 4.79 Å². The average Bonchev–Trinajstić information content (AvgIpc) is 3.29. The van der Waals surface area contributed by atoms with Crippen LogP contribution in [0, 0.1) is 0 Å². The van der Waals surface area contributed by atoms with Crippen LogP contribution in [-0.4, -0.2) is 40.5 Å². The van der Waals surface area contributed by atoms with E-state index in [4.69, 9.17) is 14.6 Å². The molecular weight excluding hydrogens is 348 g/mol. The normalized spacial score (nSPS) is 12.3. The van der Waals surface area contributed by atoms with Gasteiger partial charge in [-0.1, -0.05) is 18.2 Å². The Labute approximate surface area is 155 Å². The number of benzene rings is 2. The molecule has 1 aliphatic rings. The minimum absolute atomic E-state index is 0.0144. The van der Waals surface area contributed by atoms with Crippen LogP contribution in [0.4, 0.5) is 5.95 Å². The van der Waals surface area contributed by atoms with Crippen molar-refractivity contribution in [3.63, 3.8) is 0 Å². The second kappa shape index (κ2) is 7.55. The molecule has 1 aliphatic heterocycles. The minimum atomic E-state index is -0.136. The van der Waals surface area contributed by atoms with Crippen molar-refractivity contribution in [3.05, 3.63) is 48.0 Å². The van der Waals surface area contributed by atoms with Crippen molar-refractivity contribution in [1.29, 1.82) is 0 Å². The number of aromatic nitrogens is 2. The standard InChI is InChI=1S/C19H20N4O4/c24-8-7-20-19-22-14-3-1-2-4-15(14)23(19)11-18(25)21-10-13-5-6-16-17(9-13)27-12-26-16/h1-6,9,24H,7-8,10-12H2,(H,20,22)(H,21,25). The quantitative estimate of drug-likeness (QED) is 0.585. The number of ether oxygens (including phenoxy) is 2. The van der Waals surface area contributed by atoms with Crippen molar-refractivity contribution < 1.29 is 19.4 Å². The zero-order valence-corrected chi connectivity index (χ0v) is 14.6. The Morgan fingerprint density at radius 1 is 1.19 bits per heavy atom. The lowest BCUT2D eigenvalue weighted by molar-refractivity contribution is -0.121. The molecule has 0 spiro atoms. The van der Waals surface area contributed by atoms with Crippen molar-refractivity contribution in [2.75, 3.05) is 25.3 Å². The highest BCUT2D eigenvalue weighted by Gasteiger charge is 2.15. The number of hydrogen-bond acceptors (Lipinski definition) is 6. The number of hydrogen-bond donors (Lipinski definition) is 3. The number of para-hydroxylation sites is 2. The highest BCUT2D eigenvalue weighted by molar-refractivity contribution is 5.83. The molecule has 0 saturated heterocycles. The van der Waals surface area contributed by atoms with Crippen LogP contribution in [0.2, 0.25) is 0 Å². The molecule has 3 N–H and O–H groups in total. The van der Waals surface area contributed by atoms with Gasteiger partial charge in [0.1, 0.15) is 6.54 Å². The van der Waals surface area contributed by atoms with Crippen molar-refractivity contribution in [1.82, 2.24) is 14.9 Å². The van der Waals surface area contributed by atoms with E-state index < -0.39 is 0 Å². The van der Waals surface area contributed by atoms with Crippen LogP contribution < -0.4 is 20.1 Å². The number of carbonyl (C=O) groups is 1. The van der Waals surface area contributed by atoms with Gasteiger partial charge in [-0.05, 0) is 29.8 Å². The van der Waals surface area contributed by atoms with Gasteiger partial charge in [0.2, 0.25) is 18.6 Å². The number of fused-ring (bicyclic) bond motifs is 2. The summed E-state index contributed by atoms with van der Waals surface area (Å²) in [6, 6.07) is 13.2. The first-order valence-corrected chi connectivity index (χ1v) is 8.70. The third-order valence-corrected chi connectivity index (χ3v) is 4.28. The fourth-order valence-electron chi connectivity index (χ4n) is 2.99. The van der Waals surface area contributed by atoms with Gasteiger partial charge in [-0.15, -0.1) is 0 Å². The van der Waals surface area contributed by atoms with E-state index in [-0.39, 0.29) is 25.9 Å². The maximum Gasteiger partial charge on any atom is 0.240 e. The van der Waals surface area contributed by atoms with Gasteiger partial charge in [0.15, 0.2) is 11.5 Å². The average molecular weight is 368 g/mol. The Balaban J connectivity index is 1.46. The summed E-state index contributed by atoms with van der Waals surface area (Å²) < 4.78 is 12.5. The summed E-state index contributed by atoms with van der Waals surface area (Å²) in [5.41, 5.74) is 2.58. The first-order chi connectivity index (χ1) is 13.2. The van der Waals surface area contributed by atoms with Crippen molar-refractivity contribution in [3.8, 4) is 11.5 Å². The smallest absolute Gasteiger partial charge is 0.240 e. The lowest BCUT2D eigenvalue weighted by Gasteiger charge is -2.11. The van der Waals surface area contributed by atoms with Crippen LogP contribution >= 0.6 is 0 Å². The fraction of sp³-hybridized carbons (Fsp3) is 0.263. The van der Waals surface area contributed by atoms with Crippen LogP contribution in [-0.2, 0) is 17.9 Å². The van der Waals surface area contributed by atoms with E-state index in [1.54, 1.807) is 4.57 Å². The van der Waals surface area contributed by atoms with E-state index in [1.165, 1.54) is 0 Å². The molecular formula is C19H20N4O4. The van der Waals surface area contributed by atoms with Crippen LogP contribution in [0.15, 0.2) is 42.5 Å². The van der Waals surface area contributed by atoms with E-state index in [1.807, 2.05) is 42.5 Å². The maximum absolute atomic E-state index is 12.5. The lowest BCUT2D eigenvalue weighted by Crippen LogP contribution is -2.27. The van der Waals surface area contributed by atoms with Crippen LogP contribution in [0.25, 0.3) is 11.0 Å². The molecule has 140 valence electrons. The summed E-state index contributed by atoms with van der Waals surface area (Å²) >= 11 is 0. The molecule has 0 unspecified atom stereocenters. The van der Waals surface area contributed by atoms with Gasteiger partial charge < -0.3 is 29.8 Å². The van der Waals surface area contributed by atoms with Crippen molar-refractivity contribution in [2.24, 2.45) is 0 Å². The van der Waals surface area contributed by atoms with Crippen LogP contribution in [0.1, 0.15) is 5.56 Å². The molecule has 3 aromatic rings. The van der Waals surface area contributed by atoms with Gasteiger partial charge in [0.05, 0.1) is 17.6 Å². The van der Waals surface area contributed by atoms with Gasteiger partial charge in [0.25, 0.3) is 0 Å². The minimum Gasteiger partial charge on any atom is -0.454 e. The zero-order chi connectivity index (χ0) is 18.6. The molecule has 0 aliphatic carbocycles. The molecule has 1 aromatic heterocycles. The molecule has 0 bridgehead atoms. The maximum atomic E-state index is 12.5. The predicted octanol–water partition coefficient (Wildman–Crippen LogP) is 1.49. The van der Waals surface area contributed by atoms with E-state index in [9.17, 15) is 4.79 Å². The Morgan fingerprint density at radius 3 is 2.93 bits per heavy atom. The van der Waals surface area contributed by atoms with Gasteiger partial charge >= 0.3 is 0 Å². The van der Waals surface area contributed by atoms with Crippen molar-refractivity contribution in [2.45, 2.75) is 13.1 Å². The summed E-state index contributed by atoms with van der Waals surface area (Å²) in [6.45, 7) is 1.09. The molecule has 4 rings (SSSR count). The Kier molecular flexibility index (Phi) is 4.80. The summed E-state index contributed by atoms with van der Waals surface area (Å²) in [5, 5.41) is 15.0. The summed E-state index contributed by atoms with van der Waals surface area (Å²) in [6.07, 6.45) is 0. The first kappa shape index (κ1) is 17.2. The Morgan fingerprint density at radius 2 is 2.04 bits per heavy atom. The number of aliphatic hydroxyl groups is 1. The van der Waals surface area contributed by atoms with Crippen molar-refractivity contribution >= 4 is 22.9 Å². The fourth-order valence-corrected chi connectivity index (χ4v) is 2.99. The third-order valence-electron chi connectivity index (χ3n) is 4.28. The second-order valence-corrected chi connectivity index (χ2v) is 6.12. The number of nitrogens with zero attached hydrogens (tertiary/aromatic N) is 2. The van der Waals surface area contributed by atoms with Crippen LogP contribution in [0.3, 0.4) is 0 Å². The summed E-state index contributed by atoms with van der Waals surface area (Å²) in [7, 11) is 0. The third kappa shape index (κ3) is 3.65. The van der Waals surface area contributed by atoms with E-state index in [0.717, 1.165) is 22.3 Å². The SMILES string of the molecule is O=C(Cn1c(NCCO)nc2ccccc21)NCc1ccc2c(c1)OCO2. The van der Waals surface area contributed by atoms with E-state index >= 15 is 0 Å². The van der Waals surface area contributed by atoms with Gasteiger partial charge in [-0.25, -0.2) is 4.98 Å². The molecule has 0 saturated carbocycles.